The van der Waals surface area contributed by atoms with Crippen molar-refractivity contribution in [2.75, 3.05) is 0 Å². The van der Waals surface area contributed by atoms with Gasteiger partial charge in [-0.05, 0) is 49.1 Å². The maximum absolute atomic E-state index is 13.9. The number of pyridine rings is 2. The van der Waals surface area contributed by atoms with Crippen LogP contribution in [0.15, 0.2) is 29.1 Å². The topological polar surface area (TPSA) is 174 Å². The van der Waals surface area contributed by atoms with Gasteiger partial charge in [-0.3, -0.25) is 14.4 Å². The Balaban J connectivity index is 1.41. The average Bonchev–Trinajstić information content (AvgIpc) is 3.40. The fourth-order valence-electron chi connectivity index (χ4n) is 6.47. The summed E-state index contributed by atoms with van der Waals surface area (Å²) in [5, 5.41) is 22.9. The summed E-state index contributed by atoms with van der Waals surface area (Å²) in [6.07, 6.45) is 3.60. The Morgan fingerprint density at radius 1 is 1.09 bits per heavy atom. The fourth-order valence-corrected chi connectivity index (χ4v) is 6.47. The van der Waals surface area contributed by atoms with Crippen LogP contribution in [-0.2, 0) is 53.8 Å². The lowest BCUT2D eigenvalue weighted by atomic mass is 9.85. The number of unbranched alkanes of at least 4 members (excludes halogenated alkanes) is 3. The van der Waals surface area contributed by atoms with Gasteiger partial charge < -0.3 is 29.6 Å². The Bertz CT molecular complexity index is 1780. The van der Waals surface area contributed by atoms with E-state index in [2.05, 4.69) is 5.32 Å². The number of rotatable bonds is 13. The lowest BCUT2D eigenvalue weighted by Gasteiger charge is -2.35. The van der Waals surface area contributed by atoms with E-state index in [9.17, 15) is 34.2 Å². The summed E-state index contributed by atoms with van der Waals surface area (Å²) in [5.41, 5.74) is 1.58. The van der Waals surface area contributed by atoms with Gasteiger partial charge in [-0.25, -0.2) is 14.6 Å². The number of ether oxygens (including phenoxy) is 2. The molecule has 0 aliphatic carbocycles. The Kier molecular flexibility index (Phi) is 9.45. The van der Waals surface area contributed by atoms with Gasteiger partial charge in [0.1, 0.15) is 18.4 Å². The molecule has 1 aromatic carbocycles. The third-order valence-electron chi connectivity index (χ3n) is 8.93. The number of carboxylic acids is 1. The summed E-state index contributed by atoms with van der Waals surface area (Å²) in [6, 6.07) is 5.51. The van der Waals surface area contributed by atoms with Crippen LogP contribution in [0.25, 0.3) is 22.3 Å². The Hall–Kier alpha value is -4.74. The third-order valence-corrected chi connectivity index (χ3v) is 8.93. The summed E-state index contributed by atoms with van der Waals surface area (Å²) in [6.45, 7) is 5.63. The first-order chi connectivity index (χ1) is 22.0. The first-order valence-electron chi connectivity index (χ1n) is 15.9. The van der Waals surface area contributed by atoms with Gasteiger partial charge in [0.15, 0.2) is 0 Å². The van der Waals surface area contributed by atoms with Crippen molar-refractivity contribution in [1.82, 2.24) is 14.9 Å². The van der Waals surface area contributed by atoms with Gasteiger partial charge in [-0.2, -0.15) is 0 Å². The molecular weight excluding hydrogens is 594 g/mol. The average molecular weight is 634 g/mol. The smallest absolute Gasteiger partial charge is 0.355 e. The van der Waals surface area contributed by atoms with E-state index in [0.717, 1.165) is 35.8 Å². The van der Waals surface area contributed by atoms with Crippen molar-refractivity contribution in [3.05, 3.63) is 56.9 Å². The molecule has 3 aromatic rings. The number of amides is 1. The first-order valence-corrected chi connectivity index (χ1v) is 15.9. The number of hydrogen-bond donors (Lipinski definition) is 3. The van der Waals surface area contributed by atoms with E-state index in [0.29, 0.717) is 29.7 Å². The van der Waals surface area contributed by atoms with Crippen LogP contribution in [0.3, 0.4) is 0 Å². The number of carbonyl (C=O) groups is 4. The molecule has 3 N–H and O–H groups in total. The lowest BCUT2D eigenvalue weighted by molar-refractivity contribution is -0.189. The highest BCUT2D eigenvalue weighted by Crippen LogP contribution is 2.42. The zero-order chi connectivity index (χ0) is 33.2. The van der Waals surface area contributed by atoms with E-state index in [1.165, 1.54) is 0 Å². The number of hydrogen-bond acceptors (Lipinski definition) is 9. The normalized spacial score (nSPS) is 17.1. The number of carbonyl (C=O) groups excluding carboxylic acids is 3. The molecule has 0 fully saturated rings. The zero-order valence-electron chi connectivity index (χ0n) is 26.3. The molecule has 2 aliphatic rings. The van der Waals surface area contributed by atoms with Crippen molar-refractivity contribution in [3.8, 4) is 17.1 Å². The highest BCUT2D eigenvalue weighted by molar-refractivity contribution is 5.91. The fraction of sp³-hybridized carbons (Fsp3) is 0.471. The van der Waals surface area contributed by atoms with Crippen LogP contribution < -0.4 is 10.9 Å². The van der Waals surface area contributed by atoms with E-state index in [4.69, 9.17) is 14.5 Å². The van der Waals surface area contributed by atoms with Gasteiger partial charge in [-0.15, -0.1) is 0 Å². The predicted octanol–water partition coefficient (Wildman–Crippen LogP) is 4.22. The first kappa shape index (κ1) is 32.6. The molecule has 12 nitrogen and oxygen atoms in total. The van der Waals surface area contributed by atoms with Crippen molar-refractivity contribution in [2.45, 2.75) is 103 Å². The number of aromatic nitrogens is 2. The standard InChI is InChI=1S/C34H39N3O9/c1-4-7-8-9-10-26(32(42)43)35-28(39)13-14-29(40)46-34(6-3)24-16-27-30-22(17-37(27)31(41)23(24)18-45-33(34)44)20(5-2)21-15-19(38)11-12-25(21)36-30/h11-12,15-16,26,38H,4-10,13-14,17-18H2,1-3H3,(H,35,39)(H,42,43)/t26?,34-/m0/s1. The van der Waals surface area contributed by atoms with Crippen molar-refractivity contribution >= 4 is 34.7 Å². The quantitative estimate of drug-likeness (QED) is 0.143. The molecule has 0 radical (unpaired) electrons. The van der Waals surface area contributed by atoms with Crippen LogP contribution in [0, 0.1) is 0 Å². The van der Waals surface area contributed by atoms with Crippen LogP contribution >= 0.6 is 0 Å². The molecule has 5 rings (SSSR count). The van der Waals surface area contributed by atoms with E-state index >= 15 is 0 Å². The van der Waals surface area contributed by atoms with Crippen LogP contribution in [0.4, 0.5) is 0 Å². The third kappa shape index (κ3) is 5.95. The molecule has 1 unspecified atom stereocenters. The van der Waals surface area contributed by atoms with E-state index in [1.807, 2.05) is 13.8 Å². The number of phenols is 1. The number of aryl methyl sites for hydroxylation is 1. The number of cyclic esters (lactones) is 1. The van der Waals surface area contributed by atoms with Crippen LogP contribution in [0.2, 0.25) is 0 Å². The maximum atomic E-state index is 13.9. The number of carboxylic acid groups (broad SMARTS) is 1. The summed E-state index contributed by atoms with van der Waals surface area (Å²) < 4.78 is 12.7. The number of esters is 2. The largest absolute Gasteiger partial charge is 0.508 e. The molecular formula is C34H39N3O9. The molecule has 0 spiro atoms. The van der Waals surface area contributed by atoms with Crippen molar-refractivity contribution in [2.24, 2.45) is 0 Å². The minimum Gasteiger partial charge on any atom is -0.508 e. The second-order valence-electron chi connectivity index (χ2n) is 11.8. The van der Waals surface area contributed by atoms with Gasteiger partial charge in [0.05, 0.1) is 35.4 Å². The van der Waals surface area contributed by atoms with Crippen LogP contribution in [-0.4, -0.2) is 49.6 Å². The molecule has 2 aliphatic heterocycles. The monoisotopic (exact) mass is 633 g/mol. The van der Waals surface area contributed by atoms with E-state index in [-0.39, 0.29) is 54.8 Å². The Labute approximate surface area is 265 Å². The predicted molar refractivity (Wildman–Crippen MR) is 167 cm³/mol. The molecule has 4 heterocycles. The van der Waals surface area contributed by atoms with Crippen LogP contribution in [0.1, 0.15) is 94.4 Å². The van der Waals surface area contributed by atoms with Gasteiger partial charge in [0, 0.05) is 22.9 Å². The number of benzene rings is 1. The molecule has 2 aromatic heterocycles. The van der Waals surface area contributed by atoms with Gasteiger partial charge in [-0.1, -0.05) is 46.5 Å². The second kappa shape index (κ2) is 13.3. The van der Waals surface area contributed by atoms with Crippen molar-refractivity contribution < 1.29 is 38.9 Å². The van der Waals surface area contributed by atoms with E-state index < -0.39 is 41.9 Å². The van der Waals surface area contributed by atoms with Crippen molar-refractivity contribution in [1.29, 1.82) is 0 Å². The summed E-state index contributed by atoms with van der Waals surface area (Å²) >= 11 is 0. The molecule has 1 amide bonds. The second-order valence-corrected chi connectivity index (χ2v) is 11.8. The van der Waals surface area contributed by atoms with Gasteiger partial charge >= 0.3 is 17.9 Å². The summed E-state index contributed by atoms with van der Waals surface area (Å²) in [7, 11) is 0. The van der Waals surface area contributed by atoms with Gasteiger partial charge in [0.2, 0.25) is 11.5 Å². The lowest BCUT2D eigenvalue weighted by Crippen LogP contribution is -2.47. The number of phenolic OH excluding ortho intramolecular Hbond substituents is 1. The molecule has 2 atom stereocenters. The number of fused-ring (bicyclic) bond motifs is 5. The highest BCUT2D eigenvalue weighted by atomic mass is 16.6. The molecule has 0 saturated carbocycles. The molecule has 0 saturated heterocycles. The number of aromatic hydroxyl groups is 1. The van der Waals surface area contributed by atoms with E-state index in [1.54, 1.807) is 35.8 Å². The molecule has 46 heavy (non-hydrogen) atoms. The Morgan fingerprint density at radius 3 is 2.57 bits per heavy atom. The van der Waals surface area contributed by atoms with Crippen LogP contribution in [0.5, 0.6) is 5.75 Å². The minimum atomic E-state index is -1.92. The molecule has 244 valence electrons. The highest BCUT2D eigenvalue weighted by Gasteiger charge is 2.50. The maximum Gasteiger partial charge on any atom is 0.355 e. The minimum absolute atomic E-state index is 0.0317. The number of nitrogens with zero attached hydrogens (tertiary/aromatic N) is 2. The molecule has 12 heteroatoms. The summed E-state index contributed by atoms with van der Waals surface area (Å²) in [5.74, 6) is -3.35. The Morgan fingerprint density at radius 2 is 1.87 bits per heavy atom. The number of aliphatic carboxylic acids is 1. The molecule has 0 bridgehead atoms. The van der Waals surface area contributed by atoms with Gasteiger partial charge in [0.25, 0.3) is 5.56 Å². The summed E-state index contributed by atoms with van der Waals surface area (Å²) in [4.78, 5) is 69.3. The number of nitrogens with one attached hydrogen (secondary N) is 1. The zero-order valence-corrected chi connectivity index (χ0v) is 26.3. The van der Waals surface area contributed by atoms with Crippen molar-refractivity contribution in [3.63, 3.8) is 0 Å². The SMILES string of the molecule is CCCCCCC(NC(=O)CCC(=O)O[C@]1(CC)C(=O)OCc2c1cc1n(c2=O)Cc2c-1nc1ccc(O)cc1c2CC)C(=O)O.